The Kier molecular flexibility index (Phi) is 2.63. The molecule has 0 spiro atoms. The van der Waals surface area contributed by atoms with Crippen LogP contribution < -0.4 is 5.32 Å². The summed E-state index contributed by atoms with van der Waals surface area (Å²) < 4.78 is 5.16. The molecule has 0 bridgehead atoms. The molecule has 3 nitrogen and oxygen atoms in total. The maximum absolute atomic E-state index is 5.16. The van der Waals surface area contributed by atoms with Crippen molar-refractivity contribution in [1.82, 2.24) is 10.2 Å². The lowest BCUT2D eigenvalue weighted by Crippen LogP contribution is -2.56. The fraction of sp³-hybridized carbons (Fsp3) is 1.00. The van der Waals surface area contributed by atoms with E-state index < -0.39 is 0 Å². The molecule has 0 amide bonds. The van der Waals surface area contributed by atoms with Crippen LogP contribution in [0, 0.1) is 5.92 Å². The minimum Gasteiger partial charge on any atom is -0.384 e. The average molecular weight is 170 g/mol. The zero-order valence-electron chi connectivity index (χ0n) is 7.75. The third kappa shape index (κ3) is 1.63. The van der Waals surface area contributed by atoms with Crippen molar-refractivity contribution in [3.63, 3.8) is 0 Å². The van der Waals surface area contributed by atoms with E-state index in [0.717, 1.165) is 18.6 Å². The quantitative estimate of drug-likeness (QED) is 0.641. The van der Waals surface area contributed by atoms with Crippen molar-refractivity contribution in [2.24, 2.45) is 5.92 Å². The van der Waals surface area contributed by atoms with Crippen LogP contribution in [0.3, 0.4) is 0 Å². The van der Waals surface area contributed by atoms with E-state index >= 15 is 0 Å². The summed E-state index contributed by atoms with van der Waals surface area (Å²) >= 11 is 0. The van der Waals surface area contributed by atoms with Crippen LogP contribution in [0.15, 0.2) is 0 Å². The molecule has 2 rings (SSSR count). The Bertz CT molecular complexity index is 147. The highest BCUT2D eigenvalue weighted by Crippen LogP contribution is 2.19. The Hall–Kier alpha value is -0.120. The molecule has 3 heteroatoms. The summed E-state index contributed by atoms with van der Waals surface area (Å²) in [5.74, 6) is 0.788. The molecule has 2 aliphatic heterocycles. The first-order valence-corrected chi connectivity index (χ1v) is 4.84. The Balaban J connectivity index is 1.73. The summed E-state index contributed by atoms with van der Waals surface area (Å²) in [6, 6.07) is 0.826. The van der Waals surface area contributed by atoms with Gasteiger partial charge in [0.05, 0.1) is 6.61 Å². The monoisotopic (exact) mass is 170 g/mol. The van der Waals surface area contributed by atoms with Gasteiger partial charge in [-0.3, -0.25) is 4.90 Å². The second-order valence-corrected chi connectivity index (χ2v) is 3.92. The highest BCUT2D eigenvalue weighted by atomic mass is 16.5. The van der Waals surface area contributed by atoms with Crippen LogP contribution in [0.4, 0.5) is 0 Å². The van der Waals surface area contributed by atoms with E-state index in [0.29, 0.717) is 0 Å². The first-order valence-electron chi connectivity index (χ1n) is 4.84. The summed E-state index contributed by atoms with van der Waals surface area (Å²) in [5, 5.41) is 3.31. The van der Waals surface area contributed by atoms with E-state index in [2.05, 4.69) is 10.2 Å². The largest absolute Gasteiger partial charge is 0.384 e. The van der Waals surface area contributed by atoms with Crippen LogP contribution in [0.25, 0.3) is 0 Å². The molecule has 0 aromatic rings. The molecule has 0 radical (unpaired) electrons. The number of nitrogens with zero attached hydrogens (tertiary/aromatic N) is 1. The molecule has 0 aromatic heterocycles. The molecule has 2 saturated heterocycles. The number of rotatable bonds is 3. The zero-order valence-corrected chi connectivity index (χ0v) is 7.75. The van der Waals surface area contributed by atoms with Crippen LogP contribution >= 0.6 is 0 Å². The summed E-state index contributed by atoms with van der Waals surface area (Å²) in [7, 11) is 1.80. The summed E-state index contributed by atoms with van der Waals surface area (Å²) in [6.07, 6.45) is 1.32. The lowest BCUT2D eigenvalue weighted by atomic mass is 10.1. The number of methoxy groups -OCH3 is 1. The minimum atomic E-state index is 0.788. The molecule has 0 aromatic carbocycles. The van der Waals surface area contributed by atoms with E-state index in [1.54, 1.807) is 7.11 Å². The van der Waals surface area contributed by atoms with Gasteiger partial charge < -0.3 is 10.1 Å². The summed E-state index contributed by atoms with van der Waals surface area (Å²) in [5.41, 5.74) is 0. The molecular formula is C9H18N2O. The molecule has 2 heterocycles. The Morgan fingerprint density at radius 1 is 1.50 bits per heavy atom. The predicted molar refractivity (Wildman–Crippen MR) is 48.2 cm³/mol. The van der Waals surface area contributed by atoms with Gasteiger partial charge >= 0.3 is 0 Å². The topological polar surface area (TPSA) is 24.5 Å². The Morgan fingerprint density at radius 3 is 2.92 bits per heavy atom. The SMILES string of the molecule is COCC1CCN(C2CNC2)C1. The van der Waals surface area contributed by atoms with Crippen molar-refractivity contribution in [3.05, 3.63) is 0 Å². The van der Waals surface area contributed by atoms with Crippen LogP contribution in [0.5, 0.6) is 0 Å². The standard InChI is InChI=1S/C9H18N2O/c1-12-7-8-2-3-11(6-8)9-4-10-5-9/h8-10H,2-7H2,1H3. The van der Waals surface area contributed by atoms with Gasteiger partial charge in [0, 0.05) is 32.8 Å². The van der Waals surface area contributed by atoms with Crippen LogP contribution in [-0.2, 0) is 4.74 Å². The molecule has 1 unspecified atom stereocenters. The van der Waals surface area contributed by atoms with E-state index in [-0.39, 0.29) is 0 Å². The molecule has 70 valence electrons. The van der Waals surface area contributed by atoms with E-state index in [1.165, 1.54) is 32.6 Å². The van der Waals surface area contributed by atoms with Crippen molar-refractivity contribution in [1.29, 1.82) is 0 Å². The fourth-order valence-corrected chi connectivity index (χ4v) is 2.10. The third-order valence-electron chi connectivity index (χ3n) is 3.00. The average Bonchev–Trinajstić information content (AvgIpc) is 2.34. The Labute approximate surface area is 74.1 Å². The minimum absolute atomic E-state index is 0.788. The van der Waals surface area contributed by atoms with E-state index in [1.807, 2.05) is 0 Å². The molecule has 12 heavy (non-hydrogen) atoms. The Morgan fingerprint density at radius 2 is 2.33 bits per heavy atom. The highest BCUT2D eigenvalue weighted by Gasteiger charge is 2.30. The van der Waals surface area contributed by atoms with Gasteiger partial charge in [-0.05, 0) is 18.9 Å². The van der Waals surface area contributed by atoms with Gasteiger partial charge in [-0.2, -0.15) is 0 Å². The summed E-state index contributed by atoms with van der Waals surface area (Å²) in [6.45, 7) is 5.86. The lowest BCUT2D eigenvalue weighted by Gasteiger charge is -2.35. The highest BCUT2D eigenvalue weighted by molar-refractivity contribution is 4.89. The van der Waals surface area contributed by atoms with Crippen LogP contribution in [0.2, 0.25) is 0 Å². The van der Waals surface area contributed by atoms with Crippen molar-refractivity contribution in [2.75, 3.05) is 39.9 Å². The van der Waals surface area contributed by atoms with Gasteiger partial charge in [0.1, 0.15) is 0 Å². The predicted octanol–water partition coefficient (Wildman–Crippen LogP) is -0.0735. The van der Waals surface area contributed by atoms with Gasteiger partial charge in [0.15, 0.2) is 0 Å². The van der Waals surface area contributed by atoms with Gasteiger partial charge in [0.2, 0.25) is 0 Å². The summed E-state index contributed by atoms with van der Waals surface area (Å²) in [4.78, 5) is 2.60. The number of hydrogen-bond acceptors (Lipinski definition) is 3. The maximum atomic E-state index is 5.16. The van der Waals surface area contributed by atoms with Gasteiger partial charge in [-0.15, -0.1) is 0 Å². The van der Waals surface area contributed by atoms with E-state index in [4.69, 9.17) is 4.74 Å². The van der Waals surface area contributed by atoms with Crippen molar-refractivity contribution in [3.8, 4) is 0 Å². The molecule has 2 aliphatic rings. The normalized spacial score (nSPS) is 32.2. The molecular weight excluding hydrogens is 152 g/mol. The molecule has 1 N–H and O–H groups in total. The number of ether oxygens (including phenoxy) is 1. The number of likely N-dealkylation sites (tertiary alicyclic amines) is 1. The first kappa shape index (κ1) is 8.48. The van der Waals surface area contributed by atoms with Crippen molar-refractivity contribution < 1.29 is 4.74 Å². The molecule has 1 atom stereocenters. The third-order valence-corrected chi connectivity index (χ3v) is 3.00. The van der Waals surface area contributed by atoms with Crippen molar-refractivity contribution >= 4 is 0 Å². The smallest absolute Gasteiger partial charge is 0.0503 e. The zero-order chi connectivity index (χ0) is 8.39. The number of hydrogen-bond donors (Lipinski definition) is 1. The lowest BCUT2D eigenvalue weighted by molar-refractivity contribution is 0.135. The maximum Gasteiger partial charge on any atom is 0.0503 e. The van der Waals surface area contributed by atoms with Crippen LogP contribution in [0.1, 0.15) is 6.42 Å². The number of nitrogens with one attached hydrogen (secondary N) is 1. The second kappa shape index (κ2) is 3.73. The van der Waals surface area contributed by atoms with Gasteiger partial charge in [0.25, 0.3) is 0 Å². The van der Waals surface area contributed by atoms with Gasteiger partial charge in [-0.25, -0.2) is 0 Å². The van der Waals surface area contributed by atoms with Gasteiger partial charge in [-0.1, -0.05) is 0 Å². The molecule has 0 aliphatic carbocycles. The van der Waals surface area contributed by atoms with Crippen LogP contribution in [-0.4, -0.2) is 50.8 Å². The second-order valence-electron chi connectivity index (χ2n) is 3.92. The molecule has 0 saturated carbocycles. The first-order chi connectivity index (χ1) is 5.90. The fourth-order valence-electron chi connectivity index (χ4n) is 2.10. The molecule has 2 fully saturated rings. The van der Waals surface area contributed by atoms with E-state index in [9.17, 15) is 0 Å². The van der Waals surface area contributed by atoms with Crippen molar-refractivity contribution in [2.45, 2.75) is 12.5 Å².